The van der Waals surface area contributed by atoms with E-state index in [0.29, 0.717) is 45.4 Å². The number of fused-ring (bicyclic) bond motifs is 5. The number of carbonyl (C=O) groups is 1. The third kappa shape index (κ3) is 4.43. The summed E-state index contributed by atoms with van der Waals surface area (Å²) in [6.45, 7) is -2.99. The third-order valence-corrected chi connectivity index (χ3v) is 9.44. The first-order valence-electron chi connectivity index (χ1n) is 14.3. The number of rotatable bonds is 6. The van der Waals surface area contributed by atoms with Gasteiger partial charge in [0.15, 0.2) is 0 Å². The van der Waals surface area contributed by atoms with Crippen LogP contribution in [0.3, 0.4) is 0 Å². The van der Waals surface area contributed by atoms with Gasteiger partial charge in [-0.05, 0) is 55.7 Å². The van der Waals surface area contributed by atoms with Crippen LogP contribution in [0.15, 0.2) is 54.7 Å². The predicted molar refractivity (Wildman–Crippen MR) is 147 cm³/mol. The molecule has 0 saturated heterocycles. The number of halogens is 3. The zero-order valence-electron chi connectivity index (χ0n) is 22.9. The summed E-state index contributed by atoms with van der Waals surface area (Å²) < 4.78 is 53.3. The Hall–Kier alpha value is -3.92. The molecule has 3 aliphatic rings. The molecule has 6 atom stereocenters. The molecule has 7 nitrogen and oxygen atoms in total. The van der Waals surface area contributed by atoms with Crippen LogP contribution < -0.4 is 4.74 Å². The molecule has 10 heteroatoms. The highest BCUT2D eigenvalue weighted by Crippen LogP contribution is 2.52. The fourth-order valence-electron chi connectivity index (χ4n) is 7.66. The van der Waals surface area contributed by atoms with Crippen molar-refractivity contribution in [3.8, 4) is 16.9 Å². The highest BCUT2D eigenvalue weighted by molar-refractivity contribution is 5.84. The molecule has 2 saturated carbocycles. The quantitative estimate of drug-likeness (QED) is 0.261. The Labute approximate surface area is 240 Å². The largest absolute Gasteiger partial charge is 0.469 e. The number of para-hydroxylation sites is 1. The van der Waals surface area contributed by atoms with Gasteiger partial charge in [-0.1, -0.05) is 24.3 Å². The van der Waals surface area contributed by atoms with E-state index in [-0.39, 0.29) is 30.0 Å². The molecule has 2 aromatic heterocycles. The summed E-state index contributed by atoms with van der Waals surface area (Å²) in [4.78, 5) is 21.5. The lowest BCUT2D eigenvalue weighted by molar-refractivity contribution is -0.149. The first-order valence-corrected chi connectivity index (χ1v) is 14.3. The summed E-state index contributed by atoms with van der Waals surface area (Å²) in [6.07, 6.45) is 4.76. The minimum absolute atomic E-state index is 0.0237. The molecule has 4 aromatic rings. The van der Waals surface area contributed by atoms with Gasteiger partial charge in [-0.15, -0.1) is 0 Å². The highest BCUT2D eigenvalue weighted by atomic mass is 19.3. The number of imidazole rings is 1. The summed E-state index contributed by atoms with van der Waals surface area (Å²) in [5.74, 6) is 0.594. The van der Waals surface area contributed by atoms with Gasteiger partial charge < -0.3 is 19.1 Å². The minimum Gasteiger partial charge on any atom is -0.469 e. The van der Waals surface area contributed by atoms with Crippen molar-refractivity contribution in [1.29, 1.82) is 0 Å². The van der Waals surface area contributed by atoms with Gasteiger partial charge in [0.2, 0.25) is 0 Å². The van der Waals surface area contributed by atoms with Gasteiger partial charge in [-0.25, -0.2) is 9.37 Å². The van der Waals surface area contributed by atoms with Crippen LogP contribution >= 0.6 is 0 Å². The van der Waals surface area contributed by atoms with Crippen LogP contribution in [0, 0.1) is 23.6 Å². The maximum absolute atomic E-state index is 15.4. The summed E-state index contributed by atoms with van der Waals surface area (Å²) in [5.41, 5.74) is 3.29. The topological polar surface area (TPSA) is 86.5 Å². The Morgan fingerprint density at radius 1 is 1.07 bits per heavy atom. The highest BCUT2D eigenvalue weighted by Gasteiger charge is 2.47. The molecule has 7 rings (SSSR count). The maximum Gasteiger partial charge on any atom is 0.387 e. The predicted octanol–water partition coefficient (Wildman–Crippen LogP) is 6.56. The van der Waals surface area contributed by atoms with E-state index < -0.39 is 24.6 Å². The van der Waals surface area contributed by atoms with E-state index >= 15 is 4.39 Å². The summed E-state index contributed by atoms with van der Waals surface area (Å²) >= 11 is 0. The number of nitrogens with zero attached hydrogens (tertiary/aromatic N) is 3. The lowest BCUT2D eigenvalue weighted by Gasteiger charge is -2.33. The number of aliphatic hydroxyl groups is 1. The second kappa shape index (κ2) is 10.4. The number of aromatic nitrogens is 3. The Morgan fingerprint density at radius 3 is 2.52 bits per heavy atom. The third-order valence-electron chi connectivity index (χ3n) is 9.44. The average Bonchev–Trinajstić information content (AvgIpc) is 3.60. The molecule has 3 unspecified atom stereocenters. The fraction of sp³-hybridized carbons (Fsp3) is 0.406. The fourth-order valence-corrected chi connectivity index (χ4v) is 7.66. The number of pyridine rings is 1. The zero-order valence-corrected chi connectivity index (χ0v) is 22.9. The van der Waals surface area contributed by atoms with Crippen molar-refractivity contribution in [3.63, 3.8) is 0 Å². The number of carbonyl (C=O) groups excluding carboxylic acids is 1. The number of hydrogen-bond acceptors (Lipinski definition) is 6. The molecule has 218 valence electrons. The van der Waals surface area contributed by atoms with E-state index in [1.54, 1.807) is 35.0 Å². The summed E-state index contributed by atoms with van der Waals surface area (Å²) in [7, 11) is 1.45. The molecule has 3 heterocycles. The molecule has 2 fully saturated rings. The molecule has 0 amide bonds. The van der Waals surface area contributed by atoms with Crippen LogP contribution in [0.2, 0.25) is 0 Å². The van der Waals surface area contributed by atoms with Gasteiger partial charge in [-0.2, -0.15) is 8.78 Å². The lowest BCUT2D eigenvalue weighted by atomic mass is 9.72. The van der Waals surface area contributed by atoms with Crippen molar-refractivity contribution in [2.45, 2.75) is 56.8 Å². The molecule has 0 radical (unpaired) electrons. The van der Waals surface area contributed by atoms with Crippen molar-refractivity contribution in [2.75, 3.05) is 7.11 Å². The first-order chi connectivity index (χ1) is 20.3. The van der Waals surface area contributed by atoms with Crippen molar-refractivity contribution < 1.29 is 32.5 Å². The van der Waals surface area contributed by atoms with E-state index in [4.69, 9.17) is 14.5 Å². The van der Waals surface area contributed by atoms with E-state index in [1.165, 1.54) is 19.2 Å². The number of benzene rings is 2. The smallest absolute Gasteiger partial charge is 0.387 e. The van der Waals surface area contributed by atoms with Gasteiger partial charge in [0.05, 0.1) is 30.1 Å². The zero-order chi connectivity index (χ0) is 29.1. The number of esters is 1. The van der Waals surface area contributed by atoms with E-state index in [2.05, 4.69) is 4.98 Å². The standard InChI is InChI=1S/C32H30F3N3O4/c1-41-31(40)29-16-6-7-17(29)11-19(10-16)23-9-8-18(15-36-23)21-12-26-24(13-22(21)33)37-30-27(39)14-25(38(26)30)20-4-2-3-5-28(20)42-32(34)35/h2-5,8-9,12-13,15-17,19,25,27,29,32,39H,6-7,10-11,14H2,1H3/t16-,17?,19?,25-,27-,29?/m1/s1. The van der Waals surface area contributed by atoms with Gasteiger partial charge in [0, 0.05) is 47.0 Å². The SMILES string of the molecule is COC(=O)C1C2CC[C@@H]1CC(c1ccc(-c3cc4c(cc3F)nc3n4[C@@H](c4ccccc4OC(F)F)C[C@H]3O)cn1)C2. The molecule has 2 bridgehead atoms. The van der Waals surface area contributed by atoms with E-state index in [1.807, 2.05) is 12.1 Å². The van der Waals surface area contributed by atoms with Crippen LogP contribution in [0.1, 0.15) is 67.2 Å². The van der Waals surface area contributed by atoms with Crippen molar-refractivity contribution in [1.82, 2.24) is 14.5 Å². The van der Waals surface area contributed by atoms with Crippen LogP contribution in [0.5, 0.6) is 5.75 Å². The molecule has 0 spiro atoms. The number of methoxy groups -OCH3 is 1. The van der Waals surface area contributed by atoms with Crippen LogP contribution in [-0.2, 0) is 9.53 Å². The minimum atomic E-state index is -2.99. The normalized spacial score (nSPS) is 26.5. The van der Waals surface area contributed by atoms with Crippen LogP contribution in [0.25, 0.3) is 22.2 Å². The van der Waals surface area contributed by atoms with Crippen LogP contribution in [0.4, 0.5) is 13.2 Å². The van der Waals surface area contributed by atoms with Gasteiger partial charge in [-0.3, -0.25) is 9.78 Å². The molecule has 1 N–H and O–H groups in total. The van der Waals surface area contributed by atoms with Gasteiger partial charge >= 0.3 is 12.6 Å². The van der Waals surface area contributed by atoms with Crippen molar-refractivity contribution >= 4 is 17.0 Å². The molecule has 2 aliphatic carbocycles. The number of aliphatic hydroxyl groups excluding tert-OH is 1. The lowest BCUT2D eigenvalue weighted by Crippen LogP contribution is -2.32. The Morgan fingerprint density at radius 2 is 1.83 bits per heavy atom. The number of alkyl halides is 2. The van der Waals surface area contributed by atoms with E-state index in [9.17, 15) is 18.7 Å². The molecule has 42 heavy (non-hydrogen) atoms. The second-order valence-electron chi connectivity index (χ2n) is 11.6. The maximum atomic E-state index is 15.4. The summed E-state index contributed by atoms with van der Waals surface area (Å²) in [5, 5.41) is 10.8. The summed E-state index contributed by atoms with van der Waals surface area (Å²) in [6, 6.07) is 12.8. The Balaban J connectivity index is 1.21. The number of ether oxygens (including phenoxy) is 2. The Bertz CT molecular complexity index is 1640. The van der Waals surface area contributed by atoms with Gasteiger partial charge in [0.25, 0.3) is 0 Å². The average molecular weight is 578 g/mol. The molecule has 1 aliphatic heterocycles. The van der Waals surface area contributed by atoms with Crippen LogP contribution in [-0.4, -0.2) is 39.3 Å². The molecular weight excluding hydrogens is 547 g/mol. The Kier molecular flexibility index (Phi) is 6.68. The second-order valence-corrected chi connectivity index (χ2v) is 11.6. The molecule has 2 aromatic carbocycles. The first kappa shape index (κ1) is 26.9. The number of hydrogen-bond donors (Lipinski definition) is 1. The molecular formula is C32H30F3N3O4. The van der Waals surface area contributed by atoms with Crippen molar-refractivity contribution in [3.05, 3.63) is 77.6 Å². The van der Waals surface area contributed by atoms with Crippen molar-refractivity contribution in [2.24, 2.45) is 17.8 Å². The van der Waals surface area contributed by atoms with E-state index in [0.717, 1.165) is 31.4 Å². The monoisotopic (exact) mass is 577 g/mol. The van der Waals surface area contributed by atoms with Gasteiger partial charge in [0.1, 0.15) is 23.5 Å².